The number of ether oxygens (including phenoxy) is 1. The fraction of sp³-hybridized carbons (Fsp3) is 0.471. The predicted octanol–water partition coefficient (Wildman–Crippen LogP) is 2.27. The van der Waals surface area contributed by atoms with Crippen LogP contribution in [0.3, 0.4) is 0 Å². The van der Waals surface area contributed by atoms with Crippen molar-refractivity contribution in [2.24, 2.45) is 12.8 Å². The predicted molar refractivity (Wildman–Crippen MR) is 91.9 cm³/mol. The van der Waals surface area contributed by atoms with Gasteiger partial charge in [-0.15, -0.1) is 0 Å². The van der Waals surface area contributed by atoms with Crippen molar-refractivity contribution < 1.29 is 4.74 Å². The van der Waals surface area contributed by atoms with E-state index in [0.29, 0.717) is 12.5 Å². The average molecular weight is 335 g/mol. The second-order valence-corrected chi connectivity index (χ2v) is 6.59. The normalized spacial score (nSPS) is 21.7. The molecular weight excluding hydrogens is 312 g/mol. The van der Waals surface area contributed by atoms with E-state index in [0.717, 1.165) is 42.5 Å². The van der Waals surface area contributed by atoms with E-state index in [2.05, 4.69) is 16.1 Å². The first-order valence-corrected chi connectivity index (χ1v) is 8.34. The third-order valence-corrected chi connectivity index (χ3v) is 4.50. The third kappa shape index (κ3) is 4.25. The van der Waals surface area contributed by atoms with Gasteiger partial charge in [-0.05, 0) is 30.7 Å². The lowest BCUT2D eigenvalue weighted by Crippen LogP contribution is -2.29. The van der Waals surface area contributed by atoms with E-state index in [1.165, 1.54) is 0 Å². The topological polar surface area (TPSA) is 56.3 Å². The molecular formula is C17H23ClN4O. The molecule has 2 heterocycles. The first-order chi connectivity index (χ1) is 11.1. The average Bonchev–Trinajstić information content (AvgIpc) is 3.11. The lowest BCUT2D eigenvalue weighted by molar-refractivity contribution is 0.260. The quantitative estimate of drug-likeness (QED) is 0.823. The summed E-state index contributed by atoms with van der Waals surface area (Å²) in [7, 11) is 1.99. The molecule has 1 aliphatic rings. The highest BCUT2D eigenvalue weighted by Crippen LogP contribution is 2.25. The van der Waals surface area contributed by atoms with Crippen LogP contribution in [0.15, 0.2) is 36.8 Å². The van der Waals surface area contributed by atoms with Crippen LogP contribution in [0.5, 0.6) is 5.75 Å². The lowest BCUT2D eigenvalue weighted by atomic mass is 10.0. The van der Waals surface area contributed by atoms with E-state index >= 15 is 0 Å². The number of nitrogens with zero attached hydrogens (tertiary/aromatic N) is 3. The van der Waals surface area contributed by atoms with Gasteiger partial charge in [0, 0.05) is 49.9 Å². The van der Waals surface area contributed by atoms with Crippen LogP contribution in [-0.4, -0.2) is 46.7 Å². The Hall–Kier alpha value is -1.56. The summed E-state index contributed by atoms with van der Waals surface area (Å²) in [5, 5.41) is 0.726. The van der Waals surface area contributed by atoms with Gasteiger partial charge in [0.2, 0.25) is 0 Å². The Morgan fingerprint density at radius 3 is 2.78 bits per heavy atom. The number of nitrogens with two attached hydrogens (primary N) is 1. The molecule has 2 aromatic rings. The molecule has 2 N–H and O–H groups in total. The first-order valence-electron chi connectivity index (χ1n) is 7.96. The fourth-order valence-corrected chi connectivity index (χ4v) is 3.17. The van der Waals surface area contributed by atoms with E-state index in [4.69, 9.17) is 22.1 Å². The van der Waals surface area contributed by atoms with E-state index in [1.54, 1.807) is 0 Å². The molecule has 124 valence electrons. The molecule has 1 aromatic carbocycles. The van der Waals surface area contributed by atoms with Crippen molar-refractivity contribution in [3.8, 4) is 5.75 Å². The van der Waals surface area contributed by atoms with Crippen molar-refractivity contribution >= 4 is 11.6 Å². The molecule has 0 bridgehead atoms. The molecule has 5 nitrogen and oxygen atoms in total. The second kappa shape index (κ2) is 7.34. The van der Waals surface area contributed by atoms with Crippen LogP contribution in [-0.2, 0) is 7.05 Å². The van der Waals surface area contributed by atoms with Gasteiger partial charge in [0.25, 0.3) is 0 Å². The Morgan fingerprint density at radius 2 is 2.09 bits per heavy atom. The zero-order valence-electron chi connectivity index (χ0n) is 13.4. The maximum absolute atomic E-state index is 6.29. The number of likely N-dealkylation sites (tertiary alicyclic amines) is 1. The Bertz CT molecular complexity index is 628. The zero-order valence-corrected chi connectivity index (χ0v) is 14.1. The number of hydrogen-bond donors (Lipinski definition) is 1. The number of aryl methyl sites for hydroxylation is 1. The number of halogens is 1. The molecule has 23 heavy (non-hydrogen) atoms. The van der Waals surface area contributed by atoms with Gasteiger partial charge in [0.1, 0.15) is 5.75 Å². The molecule has 0 spiro atoms. The highest BCUT2D eigenvalue weighted by molar-refractivity contribution is 6.30. The highest BCUT2D eigenvalue weighted by atomic mass is 35.5. The summed E-state index contributed by atoms with van der Waals surface area (Å²) in [5.41, 5.74) is 7.38. The maximum atomic E-state index is 6.29. The summed E-state index contributed by atoms with van der Waals surface area (Å²) in [6.07, 6.45) is 4.88. The summed E-state index contributed by atoms with van der Waals surface area (Å²) in [6.45, 7) is 3.58. The van der Waals surface area contributed by atoms with Crippen molar-refractivity contribution in [2.45, 2.75) is 18.4 Å². The van der Waals surface area contributed by atoms with E-state index in [1.807, 2.05) is 42.2 Å². The van der Waals surface area contributed by atoms with Gasteiger partial charge in [-0.2, -0.15) is 0 Å². The van der Waals surface area contributed by atoms with Gasteiger partial charge < -0.3 is 19.9 Å². The maximum Gasteiger partial charge on any atom is 0.119 e. The monoisotopic (exact) mass is 334 g/mol. The minimum Gasteiger partial charge on any atom is -0.494 e. The standard InChI is InChI=1S/C17H23ClN4O/c1-21-11-17(20-12-21)15-9-22(10-16(15)19)7-2-8-23-14-5-3-13(18)4-6-14/h3-6,11-12,15-16H,2,7-10,19H2,1H3/t15-,16-/m1/s1. The van der Waals surface area contributed by atoms with E-state index in [9.17, 15) is 0 Å². The molecule has 0 aliphatic carbocycles. The largest absolute Gasteiger partial charge is 0.494 e. The Morgan fingerprint density at radius 1 is 1.30 bits per heavy atom. The lowest BCUT2D eigenvalue weighted by Gasteiger charge is -2.15. The van der Waals surface area contributed by atoms with Crippen LogP contribution < -0.4 is 10.5 Å². The molecule has 0 unspecified atom stereocenters. The van der Waals surface area contributed by atoms with Crippen molar-refractivity contribution in [3.63, 3.8) is 0 Å². The molecule has 0 radical (unpaired) electrons. The third-order valence-electron chi connectivity index (χ3n) is 4.25. The van der Waals surface area contributed by atoms with E-state index in [-0.39, 0.29) is 6.04 Å². The van der Waals surface area contributed by atoms with Gasteiger partial charge in [-0.3, -0.25) is 0 Å². The van der Waals surface area contributed by atoms with Gasteiger partial charge in [0.05, 0.1) is 18.6 Å². The fourth-order valence-electron chi connectivity index (χ4n) is 3.04. The Balaban J connectivity index is 1.42. The summed E-state index contributed by atoms with van der Waals surface area (Å²) in [6, 6.07) is 7.63. The molecule has 1 fully saturated rings. The van der Waals surface area contributed by atoms with Crippen molar-refractivity contribution in [2.75, 3.05) is 26.2 Å². The van der Waals surface area contributed by atoms with Crippen LogP contribution in [0.25, 0.3) is 0 Å². The first kappa shape index (κ1) is 16.3. The number of benzene rings is 1. The number of rotatable bonds is 6. The number of hydrogen-bond acceptors (Lipinski definition) is 4. The minimum atomic E-state index is 0.155. The summed E-state index contributed by atoms with van der Waals surface area (Å²) >= 11 is 5.86. The highest BCUT2D eigenvalue weighted by Gasteiger charge is 2.32. The zero-order chi connectivity index (χ0) is 16.2. The van der Waals surface area contributed by atoms with Gasteiger partial charge in [-0.25, -0.2) is 4.98 Å². The molecule has 1 aliphatic heterocycles. The molecule has 1 aromatic heterocycles. The molecule has 0 amide bonds. The van der Waals surface area contributed by atoms with Gasteiger partial charge in [0.15, 0.2) is 0 Å². The summed E-state index contributed by atoms with van der Waals surface area (Å²) in [5.74, 6) is 1.19. The SMILES string of the molecule is Cn1cnc([C@@H]2CN(CCCOc3ccc(Cl)cc3)C[C@H]2N)c1. The van der Waals surface area contributed by atoms with E-state index < -0.39 is 0 Å². The molecule has 6 heteroatoms. The summed E-state index contributed by atoms with van der Waals surface area (Å²) < 4.78 is 7.71. The second-order valence-electron chi connectivity index (χ2n) is 6.15. The van der Waals surface area contributed by atoms with Gasteiger partial charge in [-0.1, -0.05) is 11.6 Å². The van der Waals surface area contributed by atoms with Gasteiger partial charge >= 0.3 is 0 Å². The summed E-state index contributed by atoms with van der Waals surface area (Å²) in [4.78, 5) is 6.84. The molecule has 0 saturated carbocycles. The van der Waals surface area contributed by atoms with Crippen molar-refractivity contribution in [1.29, 1.82) is 0 Å². The Kier molecular flexibility index (Phi) is 5.20. The minimum absolute atomic E-state index is 0.155. The van der Waals surface area contributed by atoms with Crippen LogP contribution in [0.2, 0.25) is 5.02 Å². The van der Waals surface area contributed by atoms with Crippen molar-refractivity contribution in [1.82, 2.24) is 14.5 Å². The van der Waals surface area contributed by atoms with Crippen LogP contribution >= 0.6 is 11.6 Å². The molecule has 3 rings (SSSR count). The molecule has 2 atom stereocenters. The number of aromatic nitrogens is 2. The smallest absolute Gasteiger partial charge is 0.119 e. The van der Waals surface area contributed by atoms with Crippen molar-refractivity contribution in [3.05, 3.63) is 47.5 Å². The van der Waals surface area contributed by atoms with Crippen LogP contribution in [0.4, 0.5) is 0 Å². The Labute approximate surface area is 142 Å². The van der Waals surface area contributed by atoms with Crippen LogP contribution in [0, 0.1) is 0 Å². The molecule has 1 saturated heterocycles. The van der Waals surface area contributed by atoms with Crippen LogP contribution in [0.1, 0.15) is 18.0 Å². The number of imidazole rings is 1.